The van der Waals surface area contributed by atoms with Crippen LogP contribution < -0.4 is 19.5 Å². The molecule has 2 heterocycles. The van der Waals surface area contributed by atoms with E-state index in [9.17, 15) is 4.79 Å². The van der Waals surface area contributed by atoms with E-state index < -0.39 is 0 Å². The van der Waals surface area contributed by atoms with Crippen molar-refractivity contribution >= 4 is 23.5 Å². The number of nitrogens with one attached hydrogen (secondary N) is 1. The van der Waals surface area contributed by atoms with Crippen molar-refractivity contribution in [2.24, 2.45) is 0 Å². The van der Waals surface area contributed by atoms with Gasteiger partial charge in [-0.3, -0.25) is 4.79 Å². The Morgan fingerprint density at radius 2 is 1.71 bits per heavy atom. The van der Waals surface area contributed by atoms with E-state index >= 15 is 0 Å². The van der Waals surface area contributed by atoms with Crippen LogP contribution in [0.25, 0.3) is 5.69 Å². The van der Waals surface area contributed by atoms with Gasteiger partial charge in [-0.1, -0.05) is 6.07 Å². The molecule has 7 nitrogen and oxygen atoms in total. The first kappa shape index (κ1) is 21.1. The van der Waals surface area contributed by atoms with Crippen LogP contribution in [-0.2, 0) is 11.5 Å². The van der Waals surface area contributed by atoms with Crippen LogP contribution in [-0.4, -0.2) is 37.0 Å². The quantitative estimate of drug-likeness (QED) is 0.609. The third-order valence-corrected chi connectivity index (χ3v) is 6.42. The van der Waals surface area contributed by atoms with E-state index in [4.69, 9.17) is 19.3 Å². The van der Waals surface area contributed by atoms with Crippen LogP contribution in [0.2, 0.25) is 0 Å². The SMILES string of the molecule is COc1cc(C(=O)Nc2c3c(nn2-c2ccc(C)c(C)c2)CSC3)cc(OC)c1OC. The number of hydrogen-bond donors (Lipinski definition) is 1. The van der Waals surface area contributed by atoms with E-state index in [0.717, 1.165) is 28.5 Å². The van der Waals surface area contributed by atoms with Crippen molar-refractivity contribution in [2.75, 3.05) is 26.6 Å². The van der Waals surface area contributed by atoms with Crippen molar-refractivity contribution in [1.29, 1.82) is 0 Å². The van der Waals surface area contributed by atoms with E-state index in [1.807, 2.05) is 10.7 Å². The molecular formula is C23H25N3O4S. The number of aromatic nitrogens is 2. The highest BCUT2D eigenvalue weighted by molar-refractivity contribution is 7.98. The monoisotopic (exact) mass is 439 g/mol. The Hall–Kier alpha value is -3.13. The van der Waals surface area contributed by atoms with Gasteiger partial charge in [-0.15, -0.1) is 0 Å². The Labute approximate surface area is 185 Å². The normalized spacial score (nSPS) is 12.4. The number of aryl methyl sites for hydroxylation is 2. The zero-order valence-corrected chi connectivity index (χ0v) is 19.1. The number of hydrogen-bond acceptors (Lipinski definition) is 6. The van der Waals surface area contributed by atoms with Crippen LogP contribution in [0.5, 0.6) is 17.2 Å². The van der Waals surface area contributed by atoms with Gasteiger partial charge in [0.05, 0.1) is 32.7 Å². The van der Waals surface area contributed by atoms with Gasteiger partial charge in [-0.25, -0.2) is 4.68 Å². The average Bonchev–Trinajstić information content (AvgIpc) is 3.37. The number of amides is 1. The van der Waals surface area contributed by atoms with Gasteiger partial charge in [0.2, 0.25) is 5.75 Å². The average molecular weight is 440 g/mol. The summed E-state index contributed by atoms with van der Waals surface area (Å²) in [5.74, 6) is 3.36. The number of ether oxygens (including phenoxy) is 3. The molecule has 1 N–H and O–H groups in total. The first-order valence-corrected chi connectivity index (χ1v) is 11.0. The highest BCUT2D eigenvalue weighted by atomic mass is 32.2. The van der Waals surface area contributed by atoms with Gasteiger partial charge < -0.3 is 19.5 Å². The molecule has 1 aliphatic heterocycles. The van der Waals surface area contributed by atoms with Crippen molar-refractivity contribution in [3.63, 3.8) is 0 Å². The fourth-order valence-corrected chi connectivity index (χ4v) is 4.61. The molecule has 1 aliphatic rings. The second-order valence-corrected chi connectivity index (χ2v) is 8.30. The molecule has 0 aliphatic carbocycles. The summed E-state index contributed by atoms with van der Waals surface area (Å²) in [6.45, 7) is 4.14. The van der Waals surface area contributed by atoms with E-state index in [1.165, 1.54) is 32.5 Å². The van der Waals surface area contributed by atoms with E-state index in [0.29, 0.717) is 28.6 Å². The number of fused-ring (bicyclic) bond motifs is 1. The van der Waals surface area contributed by atoms with Crippen LogP contribution in [0.15, 0.2) is 30.3 Å². The predicted octanol–water partition coefficient (Wildman–Crippen LogP) is 4.51. The maximum absolute atomic E-state index is 13.2. The van der Waals surface area contributed by atoms with Crippen molar-refractivity contribution < 1.29 is 19.0 Å². The molecule has 0 unspecified atom stereocenters. The summed E-state index contributed by atoms with van der Waals surface area (Å²) in [7, 11) is 4.58. The lowest BCUT2D eigenvalue weighted by Crippen LogP contribution is -2.16. The topological polar surface area (TPSA) is 74.6 Å². The number of carbonyl (C=O) groups excluding carboxylic acids is 1. The summed E-state index contributed by atoms with van der Waals surface area (Å²) in [5.41, 5.74) is 5.77. The van der Waals surface area contributed by atoms with Gasteiger partial charge >= 0.3 is 0 Å². The van der Waals surface area contributed by atoms with E-state index in [-0.39, 0.29) is 5.91 Å². The molecule has 8 heteroatoms. The maximum atomic E-state index is 13.2. The van der Waals surface area contributed by atoms with Crippen molar-refractivity contribution in [1.82, 2.24) is 9.78 Å². The largest absolute Gasteiger partial charge is 0.493 e. The number of benzene rings is 2. The number of nitrogens with zero attached hydrogens (tertiary/aromatic N) is 2. The minimum atomic E-state index is -0.274. The van der Waals surface area contributed by atoms with Gasteiger partial charge in [0.1, 0.15) is 5.82 Å². The van der Waals surface area contributed by atoms with E-state index in [2.05, 4.69) is 31.3 Å². The van der Waals surface area contributed by atoms with Gasteiger partial charge in [-0.05, 0) is 49.2 Å². The molecule has 0 fully saturated rings. The van der Waals surface area contributed by atoms with Crippen molar-refractivity contribution in [3.8, 4) is 22.9 Å². The second kappa shape index (κ2) is 8.55. The molecule has 2 aromatic carbocycles. The van der Waals surface area contributed by atoms with Crippen LogP contribution in [0.4, 0.5) is 5.82 Å². The number of anilines is 1. The molecule has 0 spiro atoms. The Kier molecular flexibility index (Phi) is 5.82. The van der Waals surface area contributed by atoms with Crippen molar-refractivity contribution in [3.05, 3.63) is 58.3 Å². The van der Waals surface area contributed by atoms with E-state index in [1.54, 1.807) is 23.9 Å². The molecule has 162 valence electrons. The van der Waals surface area contributed by atoms with Crippen LogP contribution in [0.1, 0.15) is 32.7 Å². The Balaban J connectivity index is 1.74. The molecule has 1 aromatic heterocycles. The van der Waals surface area contributed by atoms with Gasteiger partial charge in [0.25, 0.3) is 5.91 Å². The first-order chi connectivity index (χ1) is 15.0. The Bertz CT molecular complexity index is 1130. The van der Waals surface area contributed by atoms with Crippen LogP contribution in [0, 0.1) is 13.8 Å². The summed E-state index contributed by atoms with van der Waals surface area (Å²) in [4.78, 5) is 13.2. The zero-order valence-electron chi connectivity index (χ0n) is 18.2. The fraction of sp³-hybridized carbons (Fsp3) is 0.304. The molecule has 4 rings (SSSR count). The smallest absolute Gasteiger partial charge is 0.257 e. The summed E-state index contributed by atoms with van der Waals surface area (Å²) >= 11 is 1.79. The third kappa shape index (κ3) is 3.83. The zero-order chi connectivity index (χ0) is 22.1. The fourth-order valence-electron chi connectivity index (χ4n) is 3.58. The molecular weight excluding hydrogens is 414 g/mol. The second-order valence-electron chi connectivity index (χ2n) is 7.32. The van der Waals surface area contributed by atoms with Gasteiger partial charge in [0.15, 0.2) is 11.5 Å². The third-order valence-electron chi connectivity index (χ3n) is 5.45. The van der Waals surface area contributed by atoms with Crippen LogP contribution >= 0.6 is 11.8 Å². The van der Waals surface area contributed by atoms with Crippen molar-refractivity contribution in [2.45, 2.75) is 25.4 Å². The van der Waals surface area contributed by atoms with Crippen LogP contribution in [0.3, 0.4) is 0 Å². The molecule has 0 bridgehead atoms. The highest BCUT2D eigenvalue weighted by Gasteiger charge is 2.26. The minimum Gasteiger partial charge on any atom is -0.493 e. The molecule has 31 heavy (non-hydrogen) atoms. The maximum Gasteiger partial charge on any atom is 0.257 e. The lowest BCUT2D eigenvalue weighted by molar-refractivity contribution is 0.102. The minimum absolute atomic E-state index is 0.274. The molecule has 0 radical (unpaired) electrons. The summed E-state index contributed by atoms with van der Waals surface area (Å²) < 4.78 is 18.0. The number of carbonyl (C=O) groups is 1. The predicted molar refractivity (Wildman–Crippen MR) is 122 cm³/mol. The number of thioether (sulfide) groups is 1. The lowest BCUT2D eigenvalue weighted by Gasteiger charge is -2.15. The summed E-state index contributed by atoms with van der Waals surface area (Å²) in [6.07, 6.45) is 0. The molecule has 1 amide bonds. The number of rotatable bonds is 6. The van der Waals surface area contributed by atoms with Gasteiger partial charge in [0, 0.05) is 22.6 Å². The summed E-state index contributed by atoms with van der Waals surface area (Å²) in [5, 5.41) is 7.86. The van der Waals surface area contributed by atoms with Gasteiger partial charge in [-0.2, -0.15) is 16.9 Å². The standard InChI is InChI=1S/C23H25N3O4S/c1-13-6-7-16(8-14(13)2)26-22(17-11-31-12-18(17)25-26)24-23(27)15-9-19(28-3)21(30-5)20(10-15)29-4/h6-10H,11-12H2,1-5H3,(H,24,27). The highest BCUT2D eigenvalue weighted by Crippen LogP contribution is 2.39. The Morgan fingerprint density at radius 1 is 1.00 bits per heavy atom. The molecule has 3 aromatic rings. The lowest BCUT2D eigenvalue weighted by atomic mass is 10.1. The molecule has 0 saturated carbocycles. The first-order valence-electron chi connectivity index (χ1n) is 9.84. The Morgan fingerprint density at radius 3 is 2.32 bits per heavy atom. The summed E-state index contributed by atoms with van der Waals surface area (Å²) in [6, 6.07) is 9.45. The number of methoxy groups -OCH3 is 3. The molecule has 0 saturated heterocycles. The molecule has 0 atom stereocenters.